The standard InChI is InChI=1S/C14H18F3N/c1-13(2)8-11(13)12(18)7-9-4-3-5-10(6-9)14(15,16)17/h3-6,11-12H,7-8,18H2,1-2H3. The lowest BCUT2D eigenvalue weighted by atomic mass is 9.97. The van der Waals surface area contributed by atoms with Crippen molar-refractivity contribution in [1.82, 2.24) is 0 Å². The average molecular weight is 257 g/mol. The van der Waals surface area contributed by atoms with Gasteiger partial charge in [0.25, 0.3) is 0 Å². The van der Waals surface area contributed by atoms with Crippen LogP contribution < -0.4 is 5.73 Å². The molecule has 1 nitrogen and oxygen atoms in total. The van der Waals surface area contributed by atoms with Crippen LogP contribution in [0.1, 0.15) is 31.4 Å². The third-order valence-corrected chi connectivity index (χ3v) is 3.83. The summed E-state index contributed by atoms with van der Waals surface area (Å²) in [5.74, 6) is 0.423. The van der Waals surface area contributed by atoms with E-state index in [9.17, 15) is 13.2 Å². The molecule has 1 aliphatic carbocycles. The van der Waals surface area contributed by atoms with Crippen LogP contribution in [0.5, 0.6) is 0 Å². The van der Waals surface area contributed by atoms with E-state index in [2.05, 4.69) is 13.8 Å². The molecule has 1 saturated carbocycles. The number of hydrogen-bond donors (Lipinski definition) is 1. The van der Waals surface area contributed by atoms with Crippen LogP contribution >= 0.6 is 0 Å². The molecule has 1 aromatic carbocycles. The minimum absolute atomic E-state index is 0.0523. The predicted octanol–water partition coefficient (Wildman–Crippen LogP) is 3.62. The highest BCUT2D eigenvalue weighted by Crippen LogP contribution is 2.53. The molecule has 0 radical (unpaired) electrons. The first kappa shape index (κ1) is 13.4. The molecular weight excluding hydrogens is 239 g/mol. The molecule has 0 bridgehead atoms. The van der Waals surface area contributed by atoms with Gasteiger partial charge in [-0.25, -0.2) is 0 Å². The fourth-order valence-electron chi connectivity index (χ4n) is 2.53. The van der Waals surface area contributed by atoms with E-state index in [1.54, 1.807) is 6.07 Å². The Hall–Kier alpha value is -1.03. The van der Waals surface area contributed by atoms with E-state index in [1.165, 1.54) is 12.1 Å². The SMILES string of the molecule is CC1(C)CC1C(N)Cc1cccc(C(F)(F)F)c1. The zero-order valence-electron chi connectivity index (χ0n) is 10.6. The minimum Gasteiger partial charge on any atom is -0.327 e. The summed E-state index contributed by atoms with van der Waals surface area (Å²) >= 11 is 0. The zero-order valence-corrected chi connectivity index (χ0v) is 10.6. The molecule has 2 unspecified atom stereocenters. The number of benzene rings is 1. The Morgan fingerprint density at radius 1 is 1.39 bits per heavy atom. The number of hydrogen-bond acceptors (Lipinski definition) is 1. The van der Waals surface area contributed by atoms with Gasteiger partial charge in [-0.1, -0.05) is 32.0 Å². The van der Waals surface area contributed by atoms with Crippen molar-refractivity contribution in [3.63, 3.8) is 0 Å². The topological polar surface area (TPSA) is 26.0 Å². The fourth-order valence-corrected chi connectivity index (χ4v) is 2.53. The molecule has 18 heavy (non-hydrogen) atoms. The summed E-state index contributed by atoms with van der Waals surface area (Å²) < 4.78 is 37.7. The first-order valence-corrected chi connectivity index (χ1v) is 6.12. The van der Waals surface area contributed by atoms with Crippen LogP contribution in [0, 0.1) is 11.3 Å². The summed E-state index contributed by atoms with van der Waals surface area (Å²) in [6, 6.07) is 5.40. The Labute approximate surface area is 105 Å². The van der Waals surface area contributed by atoms with Gasteiger partial charge < -0.3 is 5.73 Å². The van der Waals surface area contributed by atoms with Crippen LogP contribution in [-0.2, 0) is 12.6 Å². The van der Waals surface area contributed by atoms with E-state index in [4.69, 9.17) is 5.73 Å². The van der Waals surface area contributed by atoms with Gasteiger partial charge in [-0.3, -0.25) is 0 Å². The molecule has 1 aliphatic rings. The highest BCUT2D eigenvalue weighted by atomic mass is 19.4. The van der Waals surface area contributed by atoms with E-state index in [1.807, 2.05) is 0 Å². The fraction of sp³-hybridized carbons (Fsp3) is 0.571. The molecule has 0 amide bonds. The smallest absolute Gasteiger partial charge is 0.327 e. The highest BCUT2D eigenvalue weighted by molar-refractivity contribution is 5.26. The van der Waals surface area contributed by atoms with Crippen molar-refractivity contribution in [3.8, 4) is 0 Å². The van der Waals surface area contributed by atoms with Crippen LogP contribution in [0.3, 0.4) is 0 Å². The van der Waals surface area contributed by atoms with Crippen LogP contribution in [0.25, 0.3) is 0 Å². The van der Waals surface area contributed by atoms with Gasteiger partial charge in [0.1, 0.15) is 0 Å². The van der Waals surface area contributed by atoms with Crippen molar-refractivity contribution in [2.45, 2.75) is 38.9 Å². The molecule has 0 aromatic heterocycles. The van der Waals surface area contributed by atoms with Gasteiger partial charge in [0, 0.05) is 6.04 Å². The van der Waals surface area contributed by atoms with E-state index in [0.29, 0.717) is 17.9 Å². The molecule has 0 spiro atoms. The van der Waals surface area contributed by atoms with Gasteiger partial charge >= 0.3 is 6.18 Å². The first-order valence-electron chi connectivity index (χ1n) is 6.12. The number of nitrogens with two attached hydrogens (primary N) is 1. The Balaban J connectivity index is 2.06. The van der Waals surface area contributed by atoms with Crippen LogP contribution in [0.15, 0.2) is 24.3 Å². The maximum atomic E-state index is 12.6. The van der Waals surface area contributed by atoms with Crippen molar-refractivity contribution in [2.75, 3.05) is 0 Å². The molecule has 1 aromatic rings. The van der Waals surface area contributed by atoms with Crippen molar-refractivity contribution in [1.29, 1.82) is 0 Å². The maximum Gasteiger partial charge on any atom is 0.416 e. The molecule has 4 heteroatoms. The Bertz CT molecular complexity index is 437. The van der Waals surface area contributed by atoms with Crippen LogP contribution in [0.4, 0.5) is 13.2 Å². The van der Waals surface area contributed by atoms with Gasteiger partial charge in [0.2, 0.25) is 0 Å². The molecule has 0 aliphatic heterocycles. The summed E-state index contributed by atoms with van der Waals surface area (Å²) in [5.41, 5.74) is 6.39. The quantitative estimate of drug-likeness (QED) is 0.879. The number of alkyl halides is 3. The van der Waals surface area contributed by atoms with Crippen LogP contribution in [-0.4, -0.2) is 6.04 Å². The molecule has 0 heterocycles. The molecule has 2 atom stereocenters. The second-order valence-electron chi connectivity index (χ2n) is 5.87. The largest absolute Gasteiger partial charge is 0.416 e. The molecule has 0 saturated heterocycles. The lowest BCUT2D eigenvalue weighted by Crippen LogP contribution is -2.27. The molecule has 1 fully saturated rings. The maximum absolute atomic E-state index is 12.6. The highest BCUT2D eigenvalue weighted by Gasteiger charge is 2.48. The predicted molar refractivity (Wildman–Crippen MR) is 65.0 cm³/mol. The summed E-state index contributed by atoms with van der Waals surface area (Å²) in [7, 11) is 0. The molecular formula is C14H18F3N. The van der Waals surface area contributed by atoms with Gasteiger partial charge in [-0.15, -0.1) is 0 Å². The lowest BCUT2D eigenvalue weighted by Gasteiger charge is -2.15. The number of halogens is 3. The summed E-state index contributed by atoms with van der Waals surface area (Å²) in [6.45, 7) is 4.29. The third-order valence-electron chi connectivity index (χ3n) is 3.83. The molecule has 100 valence electrons. The van der Waals surface area contributed by atoms with E-state index in [-0.39, 0.29) is 11.5 Å². The van der Waals surface area contributed by atoms with Gasteiger partial charge in [-0.2, -0.15) is 13.2 Å². The average Bonchev–Trinajstić information content (AvgIpc) is 2.87. The summed E-state index contributed by atoms with van der Waals surface area (Å²) in [6.07, 6.45) is -2.70. The number of rotatable bonds is 3. The van der Waals surface area contributed by atoms with E-state index >= 15 is 0 Å². The van der Waals surface area contributed by atoms with E-state index < -0.39 is 11.7 Å². The van der Waals surface area contributed by atoms with Gasteiger partial charge in [0.05, 0.1) is 5.56 Å². The van der Waals surface area contributed by atoms with Crippen LogP contribution in [0.2, 0.25) is 0 Å². The third kappa shape index (κ3) is 2.86. The Morgan fingerprint density at radius 2 is 2.00 bits per heavy atom. The van der Waals surface area contributed by atoms with Crippen molar-refractivity contribution < 1.29 is 13.2 Å². The minimum atomic E-state index is -4.28. The lowest BCUT2D eigenvalue weighted by molar-refractivity contribution is -0.137. The Kier molecular flexibility index (Phi) is 3.18. The summed E-state index contributed by atoms with van der Waals surface area (Å²) in [5, 5.41) is 0. The van der Waals surface area contributed by atoms with Crippen molar-refractivity contribution >= 4 is 0 Å². The second-order valence-corrected chi connectivity index (χ2v) is 5.87. The van der Waals surface area contributed by atoms with Gasteiger partial charge in [-0.05, 0) is 35.8 Å². The van der Waals surface area contributed by atoms with Crippen molar-refractivity contribution in [3.05, 3.63) is 35.4 Å². The Morgan fingerprint density at radius 3 is 2.50 bits per heavy atom. The monoisotopic (exact) mass is 257 g/mol. The molecule has 2 N–H and O–H groups in total. The first-order chi connectivity index (χ1) is 8.20. The zero-order chi connectivity index (χ0) is 13.6. The molecule has 2 rings (SSSR count). The van der Waals surface area contributed by atoms with Crippen molar-refractivity contribution in [2.24, 2.45) is 17.1 Å². The van der Waals surface area contributed by atoms with E-state index in [0.717, 1.165) is 12.5 Å². The normalized spacial score (nSPS) is 23.8. The summed E-state index contributed by atoms with van der Waals surface area (Å²) in [4.78, 5) is 0. The van der Waals surface area contributed by atoms with Gasteiger partial charge in [0.15, 0.2) is 0 Å². The second kappa shape index (κ2) is 4.26.